The van der Waals surface area contributed by atoms with Crippen molar-refractivity contribution in [2.24, 2.45) is 0 Å². The zero-order valence-corrected chi connectivity index (χ0v) is 6.67. The van der Waals surface area contributed by atoms with Gasteiger partial charge in [0, 0.05) is 0 Å². The molecule has 1 heterocycles. The number of nitrogens with two attached hydrogens (primary N) is 1. The molecule has 12 heavy (non-hydrogen) atoms. The van der Waals surface area contributed by atoms with Crippen LogP contribution in [0.4, 0.5) is 14.6 Å². The van der Waals surface area contributed by atoms with Gasteiger partial charge in [0.1, 0.15) is 6.54 Å². The molecule has 0 unspecified atom stereocenters. The minimum absolute atomic E-state index is 0.234. The second kappa shape index (κ2) is 3.46. The van der Waals surface area contributed by atoms with Crippen molar-refractivity contribution in [3.63, 3.8) is 0 Å². The fraction of sp³-hybridized carbons (Fsp3) is 0.667. The maximum absolute atomic E-state index is 11.9. The number of alkyl halides is 2. The van der Waals surface area contributed by atoms with Gasteiger partial charge in [0.15, 0.2) is 5.82 Å². The van der Waals surface area contributed by atoms with Crippen LogP contribution in [-0.4, -0.2) is 21.4 Å². The van der Waals surface area contributed by atoms with Gasteiger partial charge in [0.05, 0.1) is 5.69 Å². The standard InChI is InChI=1S/C6H10F2N4/c1-2-4-6(9)10-11-12(4)3-5(7)8/h5H,2-3,9H2,1H3. The third-order valence-electron chi connectivity index (χ3n) is 1.51. The van der Waals surface area contributed by atoms with Gasteiger partial charge in [0.2, 0.25) is 0 Å². The third kappa shape index (κ3) is 1.69. The first-order valence-electron chi connectivity index (χ1n) is 3.61. The zero-order valence-electron chi connectivity index (χ0n) is 6.67. The monoisotopic (exact) mass is 176 g/mol. The number of hydrogen-bond acceptors (Lipinski definition) is 3. The molecule has 0 atom stereocenters. The first kappa shape index (κ1) is 8.89. The maximum Gasteiger partial charge on any atom is 0.257 e. The van der Waals surface area contributed by atoms with E-state index in [0.717, 1.165) is 4.68 Å². The van der Waals surface area contributed by atoms with Gasteiger partial charge >= 0.3 is 0 Å². The van der Waals surface area contributed by atoms with Crippen molar-refractivity contribution in [3.05, 3.63) is 5.69 Å². The summed E-state index contributed by atoms with van der Waals surface area (Å²) < 4.78 is 25.0. The first-order chi connectivity index (χ1) is 5.65. The van der Waals surface area contributed by atoms with E-state index in [9.17, 15) is 8.78 Å². The van der Waals surface area contributed by atoms with Crippen molar-refractivity contribution in [2.75, 3.05) is 5.73 Å². The number of nitrogens with zero attached hydrogens (tertiary/aromatic N) is 3. The lowest BCUT2D eigenvalue weighted by Gasteiger charge is -2.02. The Balaban J connectivity index is 2.84. The summed E-state index contributed by atoms with van der Waals surface area (Å²) in [5, 5.41) is 6.99. The van der Waals surface area contributed by atoms with Crippen LogP contribution in [0, 0.1) is 0 Å². The lowest BCUT2D eigenvalue weighted by Crippen LogP contribution is -2.11. The Morgan fingerprint density at radius 2 is 2.25 bits per heavy atom. The molecule has 0 aliphatic rings. The summed E-state index contributed by atoms with van der Waals surface area (Å²) in [4.78, 5) is 0. The minimum atomic E-state index is -2.42. The fourth-order valence-corrected chi connectivity index (χ4v) is 0.987. The average molecular weight is 176 g/mol. The lowest BCUT2D eigenvalue weighted by molar-refractivity contribution is 0.120. The molecule has 1 rings (SSSR count). The molecular weight excluding hydrogens is 166 g/mol. The summed E-state index contributed by atoms with van der Waals surface area (Å²) in [6.45, 7) is 1.38. The number of nitrogen functional groups attached to an aromatic ring is 1. The second-order valence-corrected chi connectivity index (χ2v) is 2.35. The van der Waals surface area contributed by atoms with Crippen LogP contribution in [0.15, 0.2) is 0 Å². The van der Waals surface area contributed by atoms with Crippen LogP contribution in [-0.2, 0) is 13.0 Å². The molecule has 0 aromatic carbocycles. The molecule has 2 N–H and O–H groups in total. The zero-order chi connectivity index (χ0) is 9.14. The Bertz CT molecular complexity index is 258. The normalized spacial score (nSPS) is 11.0. The summed E-state index contributed by atoms with van der Waals surface area (Å²) in [6.07, 6.45) is -1.86. The largest absolute Gasteiger partial charge is 0.381 e. The predicted molar refractivity (Wildman–Crippen MR) is 39.8 cm³/mol. The van der Waals surface area contributed by atoms with Crippen LogP contribution < -0.4 is 5.73 Å². The van der Waals surface area contributed by atoms with Gasteiger partial charge in [-0.05, 0) is 6.42 Å². The van der Waals surface area contributed by atoms with Gasteiger partial charge in [-0.25, -0.2) is 13.5 Å². The van der Waals surface area contributed by atoms with E-state index >= 15 is 0 Å². The SMILES string of the molecule is CCc1c(N)nnn1CC(F)F. The molecule has 0 aliphatic heterocycles. The molecule has 0 spiro atoms. The van der Waals surface area contributed by atoms with E-state index in [1.807, 2.05) is 6.92 Å². The fourth-order valence-electron chi connectivity index (χ4n) is 0.987. The molecule has 0 saturated carbocycles. The number of aromatic nitrogens is 3. The van der Waals surface area contributed by atoms with Gasteiger partial charge in [-0.3, -0.25) is 0 Å². The summed E-state index contributed by atoms with van der Waals surface area (Å²) in [6, 6.07) is 0. The first-order valence-corrected chi connectivity index (χ1v) is 3.61. The van der Waals surface area contributed by atoms with Gasteiger partial charge in [-0.1, -0.05) is 12.1 Å². The Morgan fingerprint density at radius 3 is 2.75 bits per heavy atom. The molecule has 0 saturated heterocycles. The van der Waals surface area contributed by atoms with E-state index in [4.69, 9.17) is 5.73 Å². The summed E-state index contributed by atoms with van der Waals surface area (Å²) in [5.74, 6) is 0.234. The molecule has 6 heteroatoms. The van der Waals surface area contributed by atoms with Gasteiger partial charge < -0.3 is 5.73 Å². The highest BCUT2D eigenvalue weighted by atomic mass is 19.3. The number of rotatable bonds is 3. The Labute approximate surface area is 68.4 Å². The quantitative estimate of drug-likeness (QED) is 0.737. The van der Waals surface area contributed by atoms with E-state index in [0.29, 0.717) is 12.1 Å². The summed E-state index contributed by atoms with van der Waals surface area (Å²) in [7, 11) is 0. The van der Waals surface area contributed by atoms with Crippen LogP contribution in [0.5, 0.6) is 0 Å². The highest BCUT2D eigenvalue weighted by Crippen LogP contribution is 2.09. The van der Waals surface area contributed by atoms with E-state index < -0.39 is 13.0 Å². The van der Waals surface area contributed by atoms with E-state index in [1.165, 1.54) is 0 Å². The Morgan fingerprint density at radius 1 is 1.58 bits per heavy atom. The average Bonchev–Trinajstić information content (AvgIpc) is 2.30. The molecule has 4 nitrogen and oxygen atoms in total. The van der Waals surface area contributed by atoms with Crippen molar-refractivity contribution in [1.29, 1.82) is 0 Å². The molecule has 0 radical (unpaired) electrons. The van der Waals surface area contributed by atoms with Crippen LogP contribution in [0.3, 0.4) is 0 Å². The molecule has 1 aromatic rings. The Hall–Kier alpha value is -1.20. The Kier molecular flexibility index (Phi) is 2.57. The van der Waals surface area contributed by atoms with Crippen molar-refractivity contribution < 1.29 is 8.78 Å². The number of hydrogen-bond donors (Lipinski definition) is 1. The van der Waals surface area contributed by atoms with Crippen molar-refractivity contribution in [3.8, 4) is 0 Å². The second-order valence-electron chi connectivity index (χ2n) is 2.35. The maximum atomic E-state index is 11.9. The highest BCUT2D eigenvalue weighted by Gasteiger charge is 2.11. The molecular formula is C6H10F2N4. The van der Waals surface area contributed by atoms with Crippen LogP contribution >= 0.6 is 0 Å². The van der Waals surface area contributed by atoms with E-state index in [-0.39, 0.29) is 5.82 Å². The smallest absolute Gasteiger partial charge is 0.257 e. The molecule has 1 aromatic heterocycles. The van der Waals surface area contributed by atoms with Gasteiger partial charge in [-0.2, -0.15) is 0 Å². The summed E-state index contributed by atoms with van der Waals surface area (Å²) in [5.41, 5.74) is 5.95. The topological polar surface area (TPSA) is 56.7 Å². The van der Waals surface area contributed by atoms with Gasteiger partial charge in [0.25, 0.3) is 6.43 Å². The van der Waals surface area contributed by atoms with Crippen LogP contribution in [0.25, 0.3) is 0 Å². The molecule has 0 bridgehead atoms. The number of halogens is 2. The van der Waals surface area contributed by atoms with E-state index in [1.54, 1.807) is 0 Å². The summed E-state index contributed by atoms with van der Waals surface area (Å²) >= 11 is 0. The molecule has 0 aliphatic carbocycles. The highest BCUT2D eigenvalue weighted by molar-refractivity contribution is 5.32. The molecule has 0 fully saturated rings. The molecule has 68 valence electrons. The molecule has 0 amide bonds. The van der Waals surface area contributed by atoms with E-state index in [2.05, 4.69) is 10.3 Å². The van der Waals surface area contributed by atoms with Gasteiger partial charge in [-0.15, -0.1) is 5.10 Å². The number of anilines is 1. The lowest BCUT2D eigenvalue weighted by atomic mass is 10.3. The third-order valence-corrected chi connectivity index (χ3v) is 1.51. The minimum Gasteiger partial charge on any atom is -0.381 e. The van der Waals surface area contributed by atoms with Crippen molar-refractivity contribution in [2.45, 2.75) is 26.3 Å². The van der Waals surface area contributed by atoms with Crippen LogP contribution in [0.1, 0.15) is 12.6 Å². The van der Waals surface area contributed by atoms with Crippen molar-refractivity contribution in [1.82, 2.24) is 15.0 Å². The van der Waals surface area contributed by atoms with Crippen molar-refractivity contribution >= 4 is 5.82 Å². The predicted octanol–water partition coefficient (Wildman–Crippen LogP) is 0.688. The van der Waals surface area contributed by atoms with Crippen LogP contribution in [0.2, 0.25) is 0 Å².